The Morgan fingerprint density at radius 2 is 2.24 bits per heavy atom. The molecule has 1 aromatic carbocycles. The first kappa shape index (κ1) is 12.2. The molecule has 0 bridgehead atoms. The summed E-state index contributed by atoms with van der Waals surface area (Å²) in [6.07, 6.45) is 0. The lowest BCUT2D eigenvalue weighted by Gasteiger charge is -2.01. The van der Waals surface area contributed by atoms with Gasteiger partial charge in [0.15, 0.2) is 0 Å². The van der Waals surface area contributed by atoms with Gasteiger partial charge in [-0.25, -0.2) is 4.79 Å². The monoisotopic (exact) mass is 346 g/mol. The van der Waals surface area contributed by atoms with Crippen LogP contribution in [0.15, 0.2) is 16.5 Å². The van der Waals surface area contributed by atoms with Gasteiger partial charge >= 0.3 is 5.97 Å². The van der Waals surface area contributed by atoms with Crippen LogP contribution in [0.3, 0.4) is 0 Å². The van der Waals surface area contributed by atoms with Crippen LogP contribution in [0.25, 0.3) is 11.0 Å². The van der Waals surface area contributed by atoms with Crippen molar-refractivity contribution >= 4 is 39.5 Å². The molecule has 0 fully saturated rings. The van der Waals surface area contributed by atoms with E-state index in [1.54, 1.807) is 19.9 Å². The molecule has 0 saturated heterocycles. The number of hydrogen-bond donors (Lipinski definition) is 1. The van der Waals surface area contributed by atoms with Crippen molar-refractivity contribution in [3.63, 3.8) is 0 Å². The van der Waals surface area contributed by atoms with E-state index in [0.717, 1.165) is 0 Å². The second-order valence-electron chi connectivity index (χ2n) is 3.55. The van der Waals surface area contributed by atoms with Crippen LogP contribution in [0.2, 0.25) is 0 Å². The first-order valence-corrected chi connectivity index (χ1v) is 6.21. The molecule has 2 rings (SSSR count). The van der Waals surface area contributed by atoms with E-state index in [1.807, 2.05) is 22.6 Å². The second-order valence-corrected chi connectivity index (χ2v) is 4.72. The number of esters is 1. The van der Waals surface area contributed by atoms with Gasteiger partial charge in [0.2, 0.25) is 0 Å². The number of hydrogen-bond acceptors (Lipinski definition) is 4. The summed E-state index contributed by atoms with van der Waals surface area (Å²) >= 11 is 2.00. The number of rotatable bonds is 2. The van der Waals surface area contributed by atoms with Gasteiger partial charge in [-0.15, -0.1) is 0 Å². The van der Waals surface area contributed by atoms with E-state index >= 15 is 0 Å². The molecule has 90 valence electrons. The molecule has 0 atom stereocenters. The molecule has 2 aromatic rings. The number of carbonyl (C=O) groups is 1. The van der Waals surface area contributed by atoms with Crippen LogP contribution < -0.4 is 0 Å². The third-order valence-electron chi connectivity index (χ3n) is 2.41. The van der Waals surface area contributed by atoms with Crippen molar-refractivity contribution in [1.29, 1.82) is 0 Å². The Hall–Kier alpha value is -1.24. The first-order valence-electron chi connectivity index (χ1n) is 5.13. The van der Waals surface area contributed by atoms with Crippen molar-refractivity contribution in [1.82, 2.24) is 0 Å². The van der Waals surface area contributed by atoms with E-state index in [0.29, 0.717) is 32.5 Å². The van der Waals surface area contributed by atoms with Crippen LogP contribution in [0.5, 0.6) is 5.75 Å². The molecule has 1 N–H and O–H groups in total. The van der Waals surface area contributed by atoms with Gasteiger partial charge in [-0.3, -0.25) is 0 Å². The van der Waals surface area contributed by atoms with E-state index in [1.165, 1.54) is 6.07 Å². The summed E-state index contributed by atoms with van der Waals surface area (Å²) in [4.78, 5) is 11.8. The molecule has 0 aliphatic heterocycles. The van der Waals surface area contributed by atoms with Gasteiger partial charge < -0.3 is 14.3 Å². The third kappa shape index (κ3) is 2.11. The molecular formula is C12H11IO4. The summed E-state index contributed by atoms with van der Waals surface area (Å²) in [5.74, 6) is 0.202. The number of benzene rings is 1. The summed E-state index contributed by atoms with van der Waals surface area (Å²) < 4.78 is 11.1. The number of phenols is 1. The molecule has 1 aromatic heterocycles. The molecule has 0 radical (unpaired) electrons. The van der Waals surface area contributed by atoms with Crippen molar-refractivity contribution in [3.8, 4) is 5.75 Å². The lowest BCUT2D eigenvalue weighted by Crippen LogP contribution is -2.05. The lowest BCUT2D eigenvalue weighted by atomic mass is 10.1. The number of aryl methyl sites for hydroxylation is 1. The summed E-state index contributed by atoms with van der Waals surface area (Å²) in [6.45, 7) is 3.76. The number of furan rings is 1. The second kappa shape index (κ2) is 4.56. The normalized spacial score (nSPS) is 10.8. The largest absolute Gasteiger partial charge is 0.507 e. The molecule has 0 aliphatic carbocycles. The van der Waals surface area contributed by atoms with Crippen molar-refractivity contribution in [2.45, 2.75) is 13.8 Å². The molecule has 5 heteroatoms. The zero-order chi connectivity index (χ0) is 12.6. The van der Waals surface area contributed by atoms with Crippen molar-refractivity contribution in [3.05, 3.63) is 27.0 Å². The average molecular weight is 346 g/mol. The van der Waals surface area contributed by atoms with E-state index in [4.69, 9.17) is 9.15 Å². The number of carbonyl (C=O) groups excluding carboxylic acids is 1. The summed E-state index contributed by atoms with van der Waals surface area (Å²) in [7, 11) is 0. The van der Waals surface area contributed by atoms with Gasteiger partial charge in [0, 0.05) is 5.39 Å². The van der Waals surface area contributed by atoms with Gasteiger partial charge in [-0.2, -0.15) is 0 Å². The van der Waals surface area contributed by atoms with Crippen LogP contribution in [-0.4, -0.2) is 17.7 Å². The standard InChI is InChI=1S/C12H11IO4/c1-3-16-12(15)11-6(2)17-10-5-8(13)9(14)4-7(10)11/h4-5,14H,3H2,1-2H3. The molecule has 0 aliphatic rings. The SMILES string of the molecule is CCOC(=O)c1c(C)oc2cc(I)c(O)cc12. The quantitative estimate of drug-likeness (QED) is 0.670. The zero-order valence-corrected chi connectivity index (χ0v) is 11.6. The molecule has 0 spiro atoms. The fraction of sp³-hybridized carbons (Fsp3) is 0.250. The maximum absolute atomic E-state index is 11.8. The third-order valence-corrected chi connectivity index (χ3v) is 3.28. The Balaban J connectivity index is 2.66. The minimum Gasteiger partial charge on any atom is -0.507 e. The first-order chi connectivity index (χ1) is 8.04. The molecule has 17 heavy (non-hydrogen) atoms. The van der Waals surface area contributed by atoms with Gasteiger partial charge in [-0.05, 0) is 48.6 Å². The highest BCUT2D eigenvalue weighted by atomic mass is 127. The number of halogens is 1. The summed E-state index contributed by atoms with van der Waals surface area (Å²) in [6, 6.07) is 3.22. The van der Waals surface area contributed by atoms with Crippen LogP contribution in [-0.2, 0) is 4.74 Å². The highest BCUT2D eigenvalue weighted by Crippen LogP contribution is 2.32. The van der Waals surface area contributed by atoms with Crippen molar-refractivity contribution < 1.29 is 19.1 Å². The number of aromatic hydroxyl groups is 1. The number of phenolic OH excluding ortho intramolecular Hbond substituents is 1. The van der Waals surface area contributed by atoms with Crippen molar-refractivity contribution in [2.24, 2.45) is 0 Å². The van der Waals surface area contributed by atoms with Crippen molar-refractivity contribution in [2.75, 3.05) is 6.61 Å². The lowest BCUT2D eigenvalue weighted by molar-refractivity contribution is 0.0526. The van der Waals surface area contributed by atoms with Crippen LogP contribution in [0.4, 0.5) is 0 Å². The smallest absolute Gasteiger partial charge is 0.342 e. The minimum absolute atomic E-state index is 0.129. The van der Waals surface area contributed by atoms with E-state index in [2.05, 4.69) is 0 Å². The van der Waals surface area contributed by atoms with E-state index < -0.39 is 5.97 Å². The van der Waals surface area contributed by atoms with E-state index in [-0.39, 0.29) is 5.75 Å². The Morgan fingerprint density at radius 3 is 2.88 bits per heavy atom. The topological polar surface area (TPSA) is 59.7 Å². The van der Waals surface area contributed by atoms with Gasteiger partial charge in [-0.1, -0.05) is 0 Å². The van der Waals surface area contributed by atoms with Gasteiger partial charge in [0.25, 0.3) is 0 Å². The van der Waals surface area contributed by atoms with Gasteiger partial charge in [0.1, 0.15) is 22.7 Å². The highest BCUT2D eigenvalue weighted by Gasteiger charge is 2.20. The molecule has 1 heterocycles. The predicted octanol–water partition coefficient (Wildman–Crippen LogP) is 3.23. The summed E-state index contributed by atoms with van der Waals surface area (Å²) in [5.41, 5.74) is 0.960. The molecule has 4 nitrogen and oxygen atoms in total. The Morgan fingerprint density at radius 1 is 1.53 bits per heavy atom. The fourth-order valence-corrected chi connectivity index (χ4v) is 2.12. The molecular weight excluding hydrogens is 335 g/mol. The molecule has 0 unspecified atom stereocenters. The van der Waals surface area contributed by atoms with E-state index in [9.17, 15) is 9.90 Å². The maximum Gasteiger partial charge on any atom is 0.342 e. The molecule has 0 amide bonds. The van der Waals surface area contributed by atoms with Gasteiger partial charge in [0.05, 0.1) is 10.2 Å². The Labute approximate surface area is 112 Å². The summed E-state index contributed by atoms with van der Waals surface area (Å²) in [5, 5.41) is 10.2. The molecule has 0 saturated carbocycles. The highest BCUT2D eigenvalue weighted by molar-refractivity contribution is 14.1. The number of fused-ring (bicyclic) bond motifs is 1. The number of ether oxygens (including phenoxy) is 1. The van der Waals surface area contributed by atoms with Crippen LogP contribution >= 0.6 is 22.6 Å². The zero-order valence-electron chi connectivity index (χ0n) is 9.41. The fourth-order valence-electron chi connectivity index (χ4n) is 1.69. The predicted molar refractivity (Wildman–Crippen MR) is 71.3 cm³/mol. The Bertz CT molecular complexity index is 586. The van der Waals surface area contributed by atoms with Crippen LogP contribution in [0, 0.1) is 10.5 Å². The average Bonchev–Trinajstić information content (AvgIpc) is 2.55. The Kier molecular flexibility index (Phi) is 3.28. The maximum atomic E-state index is 11.8. The minimum atomic E-state index is -0.427. The van der Waals surface area contributed by atoms with Crippen LogP contribution in [0.1, 0.15) is 23.0 Å².